The molecular formula is C9H14N4O. The van der Waals surface area contributed by atoms with Gasteiger partial charge in [0.2, 0.25) is 0 Å². The van der Waals surface area contributed by atoms with Gasteiger partial charge in [-0.15, -0.1) is 0 Å². The van der Waals surface area contributed by atoms with Crippen LogP contribution in [0.3, 0.4) is 0 Å². The second-order valence-corrected chi connectivity index (χ2v) is 3.69. The van der Waals surface area contributed by atoms with Gasteiger partial charge < -0.3 is 10.6 Å². The maximum Gasteiger partial charge on any atom is 0.274 e. The predicted octanol–water partition coefficient (Wildman–Crippen LogP) is -0.549. The summed E-state index contributed by atoms with van der Waals surface area (Å²) in [5.41, 5.74) is 6.00. The lowest BCUT2D eigenvalue weighted by atomic mass is 10.0. The van der Waals surface area contributed by atoms with E-state index < -0.39 is 0 Å². The minimum atomic E-state index is 0.00954. The highest BCUT2D eigenvalue weighted by molar-refractivity contribution is 5.92. The predicted molar refractivity (Wildman–Crippen MR) is 51.7 cm³/mol. The van der Waals surface area contributed by atoms with Crippen molar-refractivity contribution >= 4 is 5.91 Å². The van der Waals surface area contributed by atoms with Crippen LogP contribution < -0.4 is 5.73 Å². The molecular weight excluding hydrogens is 180 g/mol. The van der Waals surface area contributed by atoms with Crippen LogP contribution >= 0.6 is 0 Å². The largest absolute Gasteiger partial charge is 0.336 e. The number of aromatic nitrogens is 2. The van der Waals surface area contributed by atoms with E-state index >= 15 is 0 Å². The average molecular weight is 194 g/mol. The number of carbonyl (C=O) groups is 1. The first-order valence-electron chi connectivity index (χ1n) is 4.69. The molecule has 0 saturated carbocycles. The van der Waals surface area contributed by atoms with E-state index in [2.05, 4.69) is 5.10 Å². The molecule has 0 atom stereocenters. The molecule has 2 rings (SSSR count). The summed E-state index contributed by atoms with van der Waals surface area (Å²) in [6.45, 7) is 2.20. The van der Waals surface area contributed by atoms with Crippen LogP contribution in [0.2, 0.25) is 0 Å². The van der Waals surface area contributed by atoms with E-state index in [1.54, 1.807) is 28.9 Å². The fraction of sp³-hybridized carbons (Fsp3) is 0.556. The van der Waals surface area contributed by atoms with Crippen LogP contribution in [-0.2, 0) is 7.05 Å². The number of likely N-dealkylation sites (tertiary alicyclic amines) is 1. The number of carbonyl (C=O) groups excluding carboxylic acids is 1. The van der Waals surface area contributed by atoms with Gasteiger partial charge in [-0.2, -0.15) is 5.10 Å². The van der Waals surface area contributed by atoms with Crippen LogP contribution in [0.4, 0.5) is 0 Å². The molecule has 1 aromatic rings. The fourth-order valence-corrected chi connectivity index (χ4v) is 1.58. The Balaban J connectivity index is 1.97. The molecule has 5 nitrogen and oxygen atoms in total. The summed E-state index contributed by atoms with van der Waals surface area (Å²) in [6.07, 6.45) is 1.77. The van der Waals surface area contributed by atoms with Crippen molar-refractivity contribution in [2.45, 2.75) is 0 Å². The van der Waals surface area contributed by atoms with Crippen molar-refractivity contribution in [2.75, 3.05) is 19.6 Å². The van der Waals surface area contributed by atoms with Crippen molar-refractivity contribution in [1.29, 1.82) is 0 Å². The molecule has 2 N–H and O–H groups in total. The van der Waals surface area contributed by atoms with Crippen LogP contribution in [-0.4, -0.2) is 40.2 Å². The second-order valence-electron chi connectivity index (χ2n) is 3.69. The van der Waals surface area contributed by atoms with E-state index in [0.717, 1.165) is 13.1 Å². The number of nitrogens with zero attached hydrogens (tertiary/aromatic N) is 3. The molecule has 5 heteroatoms. The third-order valence-corrected chi connectivity index (χ3v) is 2.51. The smallest absolute Gasteiger partial charge is 0.274 e. The number of amides is 1. The van der Waals surface area contributed by atoms with Crippen LogP contribution in [0.1, 0.15) is 10.5 Å². The van der Waals surface area contributed by atoms with Gasteiger partial charge in [-0.3, -0.25) is 9.48 Å². The van der Waals surface area contributed by atoms with Crippen LogP contribution in [0.25, 0.3) is 0 Å². The fourth-order valence-electron chi connectivity index (χ4n) is 1.58. The standard InChI is InChI=1S/C9H14N4O/c1-12-3-2-8(11-12)9(14)13-5-7(4-10)6-13/h2-3,7H,4-6,10H2,1H3. The Bertz CT molecular complexity index is 340. The highest BCUT2D eigenvalue weighted by atomic mass is 16.2. The van der Waals surface area contributed by atoms with E-state index in [1.165, 1.54) is 0 Å². The third-order valence-electron chi connectivity index (χ3n) is 2.51. The van der Waals surface area contributed by atoms with Gasteiger partial charge in [0.25, 0.3) is 5.91 Å². The van der Waals surface area contributed by atoms with Crippen LogP contribution in [0.15, 0.2) is 12.3 Å². The van der Waals surface area contributed by atoms with Gasteiger partial charge in [0, 0.05) is 32.3 Å². The lowest BCUT2D eigenvalue weighted by Gasteiger charge is -2.38. The minimum Gasteiger partial charge on any atom is -0.336 e. The van der Waals surface area contributed by atoms with Gasteiger partial charge in [-0.05, 0) is 12.6 Å². The van der Waals surface area contributed by atoms with Gasteiger partial charge in [0.05, 0.1) is 0 Å². The second kappa shape index (κ2) is 3.42. The number of rotatable bonds is 2. The van der Waals surface area contributed by atoms with E-state index in [1.807, 2.05) is 0 Å². The molecule has 14 heavy (non-hydrogen) atoms. The summed E-state index contributed by atoms with van der Waals surface area (Å²) in [5.74, 6) is 0.484. The molecule has 76 valence electrons. The number of nitrogens with two attached hydrogens (primary N) is 1. The van der Waals surface area contributed by atoms with Gasteiger partial charge in [-0.1, -0.05) is 0 Å². The summed E-state index contributed by atoms with van der Waals surface area (Å²) < 4.78 is 1.63. The number of hydrogen-bond donors (Lipinski definition) is 1. The Morgan fingerprint density at radius 1 is 1.71 bits per heavy atom. The average Bonchev–Trinajstić information content (AvgIpc) is 2.49. The van der Waals surface area contributed by atoms with Crippen LogP contribution in [0.5, 0.6) is 0 Å². The van der Waals surface area contributed by atoms with Crippen molar-refractivity contribution in [3.05, 3.63) is 18.0 Å². The zero-order chi connectivity index (χ0) is 10.1. The lowest BCUT2D eigenvalue weighted by molar-refractivity contribution is 0.0508. The zero-order valence-electron chi connectivity index (χ0n) is 8.18. The van der Waals surface area contributed by atoms with E-state index in [4.69, 9.17) is 5.73 Å². The molecule has 0 aliphatic carbocycles. The lowest BCUT2D eigenvalue weighted by Crippen LogP contribution is -2.52. The first kappa shape index (κ1) is 9.21. The molecule has 0 radical (unpaired) electrons. The Labute approximate surface area is 82.5 Å². The Kier molecular flexibility index (Phi) is 2.25. The highest BCUT2D eigenvalue weighted by Crippen LogP contribution is 2.16. The summed E-state index contributed by atoms with van der Waals surface area (Å²) in [6, 6.07) is 1.73. The normalized spacial score (nSPS) is 16.9. The molecule has 1 aliphatic heterocycles. The molecule has 1 saturated heterocycles. The highest BCUT2D eigenvalue weighted by Gasteiger charge is 2.30. The molecule has 0 unspecified atom stereocenters. The third kappa shape index (κ3) is 1.50. The summed E-state index contributed by atoms with van der Waals surface area (Å²) >= 11 is 0. The van der Waals surface area contributed by atoms with E-state index in [9.17, 15) is 4.79 Å². The molecule has 1 aliphatic rings. The summed E-state index contributed by atoms with van der Waals surface area (Å²) in [7, 11) is 1.80. The topological polar surface area (TPSA) is 64.2 Å². The van der Waals surface area contributed by atoms with Crippen molar-refractivity contribution in [2.24, 2.45) is 18.7 Å². The summed E-state index contributed by atoms with van der Waals surface area (Å²) in [5, 5.41) is 4.06. The first-order valence-corrected chi connectivity index (χ1v) is 4.69. The van der Waals surface area contributed by atoms with Gasteiger partial charge in [0.15, 0.2) is 0 Å². The molecule has 1 amide bonds. The molecule has 0 spiro atoms. The number of aryl methyl sites for hydroxylation is 1. The molecule has 1 aromatic heterocycles. The molecule has 2 heterocycles. The summed E-state index contributed by atoms with van der Waals surface area (Å²) in [4.78, 5) is 13.5. The van der Waals surface area contributed by atoms with E-state index in [-0.39, 0.29) is 5.91 Å². The maximum absolute atomic E-state index is 11.7. The van der Waals surface area contributed by atoms with Crippen molar-refractivity contribution in [1.82, 2.24) is 14.7 Å². The van der Waals surface area contributed by atoms with Gasteiger partial charge >= 0.3 is 0 Å². The molecule has 0 bridgehead atoms. The molecule has 0 aromatic carbocycles. The molecule has 1 fully saturated rings. The van der Waals surface area contributed by atoms with E-state index in [0.29, 0.717) is 18.2 Å². The quantitative estimate of drug-likeness (QED) is 0.687. The number of hydrogen-bond acceptors (Lipinski definition) is 3. The van der Waals surface area contributed by atoms with Crippen molar-refractivity contribution in [3.63, 3.8) is 0 Å². The van der Waals surface area contributed by atoms with Gasteiger partial charge in [0.1, 0.15) is 5.69 Å². The Hall–Kier alpha value is -1.36. The van der Waals surface area contributed by atoms with Crippen LogP contribution in [0, 0.1) is 5.92 Å². The maximum atomic E-state index is 11.7. The Morgan fingerprint density at radius 3 is 2.93 bits per heavy atom. The zero-order valence-corrected chi connectivity index (χ0v) is 8.18. The van der Waals surface area contributed by atoms with Gasteiger partial charge in [-0.25, -0.2) is 0 Å². The Morgan fingerprint density at radius 2 is 2.43 bits per heavy atom. The monoisotopic (exact) mass is 194 g/mol. The minimum absolute atomic E-state index is 0.00954. The first-order chi connectivity index (χ1) is 6.70. The van der Waals surface area contributed by atoms with Crippen molar-refractivity contribution in [3.8, 4) is 0 Å². The van der Waals surface area contributed by atoms with Crippen molar-refractivity contribution < 1.29 is 4.79 Å². The SMILES string of the molecule is Cn1ccc(C(=O)N2CC(CN)C2)n1.